The minimum Gasteiger partial charge on any atom is -0.444 e. The lowest BCUT2D eigenvalue weighted by Gasteiger charge is -2.27. The average molecular weight is 339 g/mol. The maximum absolute atomic E-state index is 6.27. The van der Waals surface area contributed by atoms with Crippen molar-refractivity contribution in [1.82, 2.24) is 15.0 Å². The lowest BCUT2D eigenvalue weighted by atomic mass is 10.1. The Morgan fingerprint density at radius 3 is 2.60 bits per heavy atom. The number of aryl methyl sites for hydroxylation is 1. The van der Waals surface area contributed by atoms with Gasteiger partial charge in [-0.1, -0.05) is 0 Å². The molecule has 0 spiro atoms. The van der Waals surface area contributed by atoms with Crippen LogP contribution in [0.2, 0.25) is 0 Å². The van der Waals surface area contributed by atoms with Crippen molar-refractivity contribution >= 4 is 11.8 Å². The molecule has 1 saturated heterocycles. The molecular formula is C17H19N6O2+. The van der Waals surface area contributed by atoms with Crippen LogP contribution >= 0.6 is 0 Å². The van der Waals surface area contributed by atoms with Gasteiger partial charge in [0.05, 0.1) is 25.1 Å². The van der Waals surface area contributed by atoms with E-state index < -0.39 is 0 Å². The Hall–Kier alpha value is -3.00. The van der Waals surface area contributed by atoms with Gasteiger partial charge in [-0.3, -0.25) is 0 Å². The fourth-order valence-electron chi connectivity index (χ4n) is 2.80. The third-order valence-corrected chi connectivity index (χ3v) is 4.12. The fraction of sp³-hybridized carbons (Fsp3) is 0.294. The molecule has 1 aliphatic heterocycles. The number of nitrogens with zero attached hydrogens (tertiary/aromatic N) is 5. The van der Waals surface area contributed by atoms with Crippen LogP contribution in [0.15, 0.2) is 41.4 Å². The molecule has 0 atom stereocenters. The van der Waals surface area contributed by atoms with E-state index in [0.29, 0.717) is 42.1 Å². The molecule has 8 heteroatoms. The third-order valence-electron chi connectivity index (χ3n) is 4.12. The number of ether oxygens (including phenoxy) is 1. The second-order valence-electron chi connectivity index (χ2n) is 5.82. The van der Waals surface area contributed by atoms with Gasteiger partial charge < -0.3 is 19.8 Å². The number of hydrogen-bond acceptors (Lipinski definition) is 7. The van der Waals surface area contributed by atoms with E-state index in [4.69, 9.17) is 19.9 Å². The van der Waals surface area contributed by atoms with Crippen molar-refractivity contribution in [2.75, 3.05) is 36.9 Å². The van der Waals surface area contributed by atoms with Crippen LogP contribution in [-0.4, -0.2) is 41.3 Å². The summed E-state index contributed by atoms with van der Waals surface area (Å²) in [5.74, 6) is 1.36. The minimum atomic E-state index is 0.349. The Morgan fingerprint density at radius 2 is 1.92 bits per heavy atom. The number of pyridine rings is 1. The average Bonchev–Trinajstić information content (AvgIpc) is 3.16. The Balaban J connectivity index is 1.87. The summed E-state index contributed by atoms with van der Waals surface area (Å²) in [6.07, 6.45) is 7.02. The van der Waals surface area contributed by atoms with Gasteiger partial charge in [-0.05, 0) is 0 Å². The molecule has 0 aliphatic carbocycles. The van der Waals surface area contributed by atoms with Crippen molar-refractivity contribution in [3.05, 3.63) is 37.0 Å². The topological polar surface area (TPSA) is 94.2 Å². The molecule has 0 amide bonds. The van der Waals surface area contributed by atoms with Crippen LogP contribution in [0.1, 0.15) is 0 Å². The summed E-state index contributed by atoms with van der Waals surface area (Å²) >= 11 is 0. The maximum atomic E-state index is 6.27. The largest absolute Gasteiger partial charge is 0.444 e. The molecule has 0 aromatic carbocycles. The van der Waals surface area contributed by atoms with Gasteiger partial charge in [-0.15, -0.1) is 0 Å². The highest BCUT2D eigenvalue weighted by atomic mass is 16.5. The highest BCUT2D eigenvalue weighted by Crippen LogP contribution is 2.34. The number of anilines is 2. The van der Waals surface area contributed by atoms with Gasteiger partial charge in [-0.25, -0.2) is 14.5 Å². The Morgan fingerprint density at radius 1 is 1.16 bits per heavy atom. The van der Waals surface area contributed by atoms with Gasteiger partial charge in [0.25, 0.3) is 0 Å². The Labute approximate surface area is 144 Å². The van der Waals surface area contributed by atoms with Gasteiger partial charge in [0, 0.05) is 30.8 Å². The summed E-state index contributed by atoms with van der Waals surface area (Å²) < 4.78 is 12.8. The van der Waals surface area contributed by atoms with Crippen LogP contribution in [0.5, 0.6) is 0 Å². The number of oxazole rings is 1. The van der Waals surface area contributed by atoms with Gasteiger partial charge >= 0.3 is 0 Å². The quantitative estimate of drug-likeness (QED) is 0.713. The second kappa shape index (κ2) is 6.48. The molecule has 25 heavy (non-hydrogen) atoms. The number of rotatable bonds is 3. The van der Waals surface area contributed by atoms with Crippen molar-refractivity contribution < 1.29 is 13.7 Å². The molecule has 0 bridgehead atoms. The van der Waals surface area contributed by atoms with E-state index in [9.17, 15) is 0 Å². The zero-order valence-corrected chi connectivity index (χ0v) is 13.9. The molecule has 0 radical (unpaired) electrons. The molecule has 1 fully saturated rings. The summed E-state index contributed by atoms with van der Waals surface area (Å²) in [5.41, 5.74) is 8.51. The molecule has 4 heterocycles. The van der Waals surface area contributed by atoms with Gasteiger partial charge in [-0.2, -0.15) is 4.98 Å². The SMILES string of the molecule is C[n+]1ccc(-c2nc(N3CCOCC3)nc(N)c2-c2ncco2)cc1. The number of aromatic nitrogens is 4. The maximum Gasteiger partial charge on any atom is 0.231 e. The number of nitrogens with two attached hydrogens (primary N) is 1. The number of hydrogen-bond donors (Lipinski definition) is 1. The van der Waals surface area contributed by atoms with Crippen LogP contribution in [0, 0.1) is 0 Å². The number of morpholine rings is 1. The zero-order chi connectivity index (χ0) is 17.2. The molecule has 3 aromatic heterocycles. The summed E-state index contributed by atoms with van der Waals surface area (Å²) in [6.45, 7) is 2.78. The Kier molecular flexibility index (Phi) is 4.02. The molecule has 1 aliphatic rings. The summed E-state index contributed by atoms with van der Waals surface area (Å²) in [6, 6.07) is 3.97. The lowest BCUT2D eigenvalue weighted by molar-refractivity contribution is -0.671. The van der Waals surface area contributed by atoms with E-state index in [1.54, 1.807) is 6.20 Å². The van der Waals surface area contributed by atoms with E-state index in [-0.39, 0.29) is 0 Å². The van der Waals surface area contributed by atoms with Crippen molar-refractivity contribution in [3.63, 3.8) is 0 Å². The predicted octanol–water partition coefficient (Wildman–Crippen LogP) is 1.04. The molecule has 128 valence electrons. The van der Waals surface area contributed by atoms with Gasteiger partial charge in [0.2, 0.25) is 11.8 Å². The monoisotopic (exact) mass is 339 g/mol. The molecule has 2 N–H and O–H groups in total. The molecule has 8 nitrogen and oxygen atoms in total. The first-order valence-electron chi connectivity index (χ1n) is 8.08. The van der Waals surface area contributed by atoms with E-state index in [0.717, 1.165) is 18.7 Å². The van der Waals surface area contributed by atoms with Crippen LogP contribution in [-0.2, 0) is 11.8 Å². The van der Waals surface area contributed by atoms with E-state index >= 15 is 0 Å². The van der Waals surface area contributed by atoms with Crippen LogP contribution in [0.25, 0.3) is 22.7 Å². The molecule has 0 unspecified atom stereocenters. The van der Waals surface area contributed by atoms with E-state index in [2.05, 4.69) is 14.9 Å². The molecular weight excluding hydrogens is 320 g/mol. The highest BCUT2D eigenvalue weighted by Gasteiger charge is 2.23. The fourth-order valence-corrected chi connectivity index (χ4v) is 2.80. The minimum absolute atomic E-state index is 0.349. The third kappa shape index (κ3) is 3.03. The summed E-state index contributed by atoms with van der Waals surface area (Å²) in [7, 11) is 1.96. The van der Waals surface area contributed by atoms with Crippen molar-refractivity contribution in [3.8, 4) is 22.7 Å². The van der Waals surface area contributed by atoms with Crippen LogP contribution in [0.4, 0.5) is 11.8 Å². The summed E-state index contributed by atoms with van der Waals surface area (Å²) in [4.78, 5) is 15.6. The van der Waals surface area contributed by atoms with Crippen molar-refractivity contribution in [2.24, 2.45) is 7.05 Å². The molecule has 0 saturated carbocycles. The van der Waals surface area contributed by atoms with Gasteiger partial charge in [0.1, 0.15) is 24.7 Å². The summed E-state index contributed by atoms with van der Waals surface area (Å²) in [5, 5.41) is 0. The lowest BCUT2D eigenvalue weighted by Crippen LogP contribution is -2.37. The highest BCUT2D eigenvalue weighted by molar-refractivity contribution is 5.84. The van der Waals surface area contributed by atoms with Crippen LogP contribution in [0.3, 0.4) is 0 Å². The smallest absolute Gasteiger partial charge is 0.231 e. The molecule has 4 rings (SSSR count). The van der Waals surface area contributed by atoms with Crippen molar-refractivity contribution in [2.45, 2.75) is 0 Å². The molecule has 3 aromatic rings. The first-order chi connectivity index (χ1) is 12.2. The van der Waals surface area contributed by atoms with Gasteiger partial charge in [0.15, 0.2) is 12.4 Å². The standard InChI is InChI=1S/C17H19N6O2/c1-22-5-2-12(3-6-22)14-13(16-19-4-9-25-16)15(18)21-17(20-14)23-7-10-24-11-8-23/h2-6,9H,7-8,10-11H2,1H3,(H2,18,20,21)/q+1. The van der Waals surface area contributed by atoms with Crippen LogP contribution < -0.4 is 15.2 Å². The Bertz CT molecular complexity index is 858. The number of nitrogen functional groups attached to an aromatic ring is 1. The first kappa shape index (κ1) is 15.5. The van der Waals surface area contributed by atoms with E-state index in [1.165, 1.54) is 6.26 Å². The van der Waals surface area contributed by atoms with Crippen molar-refractivity contribution in [1.29, 1.82) is 0 Å². The predicted molar refractivity (Wildman–Crippen MR) is 91.6 cm³/mol. The zero-order valence-electron chi connectivity index (χ0n) is 13.9. The normalized spacial score (nSPS) is 14.7. The van der Waals surface area contributed by atoms with E-state index in [1.807, 2.05) is 36.1 Å². The first-order valence-corrected chi connectivity index (χ1v) is 8.08. The second-order valence-corrected chi connectivity index (χ2v) is 5.82.